The van der Waals surface area contributed by atoms with Crippen molar-refractivity contribution in [2.75, 3.05) is 11.5 Å². The van der Waals surface area contributed by atoms with Crippen molar-refractivity contribution in [2.45, 2.75) is 37.2 Å². The van der Waals surface area contributed by atoms with Crippen LogP contribution in [0, 0.1) is 0 Å². The molecule has 4 N–H and O–H groups in total. The summed E-state index contributed by atoms with van der Waals surface area (Å²) in [6.45, 7) is 5.30. The number of nitrogens with two attached hydrogens (primary N) is 2. The molecule has 0 atom stereocenters. The van der Waals surface area contributed by atoms with Gasteiger partial charge in [-0.15, -0.1) is 10.2 Å². The van der Waals surface area contributed by atoms with E-state index in [2.05, 4.69) is 20.2 Å². The van der Waals surface area contributed by atoms with E-state index >= 15 is 0 Å². The van der Waals surface area contributed by atoms with Crippen LogP contribution in [0.25, 0.3) is 0 Å². The summed E-state index contributed by atoms with van der Waals surface area (Å²) in [5, 5.41) is 9.62. The molecule has 0 saturated carbocycles. The van der Waals surface area contributed by atoms with Gasteiger partial charge in [0.2, 0.25) is 22.2 Å². The van der Waals surface area contributed by atoms with Gasteiger partial charge < -0.3 is 11.5 Å². The minimum atomic E-state index is 0.409. The zero-order valence-corrected chi connectivity index (χ0v) is 11.7. The Kier molecular flexibility index (Phi) is 3.97. The number of anilines is 2. The van der Waals surface area contributed by atoms with Crippen LogP contribution in [-0.2, 0) is 13.1 Å². The van der Waals surface area contributed by atoms with Gasteiger partial charge in [0.15, 0.2) is 0 Å². The van der Waals surface area contributed by atoms with Gasteiger partial charge in [-0.2, -0.15) is 9.97 Å². The minimum absolute atomic E-state index is 0.409. The van der Waals surface area contributed by atoms with Crippen LogP contribution in [0.5, 0.6) is 0 Å². The van der Waals surface area contributed by atoms with Crippen LogP contribution in [0.3, 0.4) is 0 Å². The molecule has 0 radical (unpaired) electrons. The highest BCUT2D eigenvalue weighted by molar-refractivity contribution is 8.76. The fourth-order valence-corrected chi connectivity index (χ4v) is 2.82. The number of hydrogen-bond donors (Lipinski definition) is 2. The van der Waals surface area contributed by atoms with Crippen molar-refractivity contribution in [3.05, 3.63) is 0 Å². The molecule has 0 spiro atoms. The molecule has 2 heterocycles. The van der Waals surface area contributed by atoms with Crippen LogP contribution in [0.1, 0.15) is 13.8 Å². The maximum absolute atomic E-state index is 5.68. The van der Waals surface area contributed by atoms with E-state index in [-0.39, 0.29) is 0 Å². The standard InChI is InChI=1S/C8H14N8S2/c1-3-15-5(9)11-7(13-15)17-18-8-12-6(10)16(4-2)14-8/h3-4H2,1-2H3,(H2,9,11,13)(H2,10,12,14). The maximum Gasteiger partial charge on any atom is 0.221 e. The Morgan fingerprint density at radius 2 is 1.28 bits per heavy atom. The van der Waals surface area contributed by atoms with E-state index in [4.69, 9.17) is 11.5 Å². The van der Waals surface area contributed by atoms with Crippen molar-refractivity contribution < 1.29 is 0 Å². The van der Waals surface area contributed by atoms with Gasteiger partial charge in [-0.05, 0) is 35.4 Å². The van der Waals surface area contributed by atoms with Gasteiger partial charge in [-0.1, -0.05) is 0 Å². The molecule has 0 fully saturated rings. The fourth-order valence-electron chi connectivity index (χ4n) is 1.28. The van der Waals surface area contributed by atoms with E-state index in [0.29, 0.717) is 35.3 Å². The first-order chi connectivity index (χ1) is 8.63. The second-order valence-electron chi connectivity index (χ2n) is 3.30. The normalized spacial score (nSPS) is 11.0. The molecule has 0 unspecified atom stereocenters. The molecule has 0 bridgehead atoms. The van der Waals surface area contributed by atoms with Crippen molar-refractivity contribution in [3.63, 3.8) is 0 Å². The molecule has 0 amide bonds. The topological polar surface area (TPSA) is 113 Å². The Balaban J connectivity index is 2.01. The summed E-state index contributed by atoms with van der Waals surface area (Å²) in [7, 11) is 2.71. The number of nitrogen functional groups attached to an aromatic ring is 2. The third kappa shape index (κ3) is 2.70. The summed E-state index contributed by atoms with van der Waals surface area (Å²) in [4.78, 5) is 8.25. The average Bonchev–Trinajstić information content (AvgIpc) is 2.89. The highest BCUT2D eigenvalue weighted by atomic mass is 33.1. The highest BCUT2D eigenvalue weighted by Crippen LogP contribution is 2.34. The highest BCUT2D eigenvalue weighted by Gasteiger charge is 2.11. The molecule has 0 aliphatic carbocycles. The Morgan fingerprint density at radius 3 is 1.56 bits per heavy atom. The molecule has 2 rings (SSSR count). The van der Waals surface area contributed by atoms with Crippen molar-refractivity contribution in [1.82, 2.24) is 29.5 Å². The quantitative estimate of drug-likeness (QED) is 0.778. The molecular formula is C8H14N8S2. The Labute approximate surface area is 112 Å². The molecule has 0 aliphatic rings. The summed E-state index contributed by atoms with van der Waals surface area (Å²) < 4.78 is 3.27. The van der Waals surface area contributed by atoms with Crippen molar-refractivity contribution in [3.8, 4) is 0 Å². The smallest absolute Gasteiger partial charge is 0.221 e. The molecular weight excluding hydrogens is 272 g/mol. The molecule has 98 valence electrons. The van der Waals surface area contributed by atoms with E-state index in [1.54, 1.807) is 9.36 Å². The summed E-state index contributed by atoms with van der Waals surface area (Å²) >= 11 is 0. The van der Waals surface area contributed by atoms with Gasteiger partial charge >= 0.3 is 0 Å². The summed E-state index contributed by atoms with van der Waals surface area (Å²) in [6.07, 6.45) is 0. The first-order valence-electron chi connectivity index (χ1n) is 5.39. The predicted octanol–water partition coefficient (Wildman–Crippen LogP) is 0.873. The molecule has 2 aromatic rings. The Hall–Kier alpha value is -1.42. The lowest BCUT2D eigenvalue weighted by Gasteiger charge is -1.93. The zero-order chi connectivity index (χ0) is 13.1. The minimum Gasteiger partial charge on any atom is -0.368 e. The first-order valence-corrected chi connectivity index (χ1v) is 7.54. The monoisotopic (exact) mass is 286 g/mol. The van der Waals surface area contributed by atoms with E-state index in [1.807, 2.05) is 13.8 Å². The zero-order valence-electron chi connectivity index (χ0n) is 10.1. The Bertz CT molecular complexity index is 485. The first kappa shape index (κ1) is 13.0. The van der Waals surface area contributed by atoms with Crippen LogP contribution in [0.4, 0.5) is 11.9 Å². The lowest BCUT2D eigenvalue weighted by molar-refractivity contribution is 0.650. The molecule has 0 aromatic carbocycles. The van der Waals surface area contributed by atoms with Crippen molar-refractivity contribution in [1.29, 1.82) is 0 Å². The molecule has 8 nitrogen and oxygen atoms in total. The third-order valence-corrected chi connectivity index (χ3v) is 4.02. The third-order valence-electron chi connectivity index (χ3n) is 2.15. The van der Waals surface area contributed by atoms with Gasteiger partial charge in [0.1, 0.15) is 0 Å². The van der Waals surface area contributed by atoms with Crippen LogP contribution >= 0.6 is 21.6 Å². The summed E-state index contributed by atoms with van der Waals surface area (Å²) in [6, 6.07) is 0. The Morgan fingerprint density at radius 1 is 0.889 bits per heavy atom. The van der Waals surface area contributed by atoms with Crippen molar-refractivity contribution >= 4 is 33.5 Å². The van der Waals surface area contributed by atoms with Gasteiger partial charge in [0.05, 0.1) is 0 Å². The maximum atomic E-state index is 5.68. The second-order valence-corrected chi connectivity index (χ2v) is 5.37. The van der Waals surface area contributed by atoms with Crippen molar-refractivity contribution in [2.24, 2.45) is 0 Å². The van der Waals surface area contributed by atoms with E-state index in [0.717, 1.165) is 0 Å². The molecule has 2 aromatic heterocycles. The number of rotatable bonds is 5. The van der Waals surface area contributed by atoms with E-state index in [1.165, 1.54) is 21.6 Å². The van der Waals surface area contributed by atoms with Crippen LogP contribution in [-0.4, -0.2) is 29.5 Å². The lowest BCUT2D eigenvalue weighted by Crippen LogP contribution is -2.02. The van der Waals surface area contributed by atoms with Crippen LogP contribution in [0.15, 0.2) is 10.3 Å². The SMILES string of the molecule is CCn1nc(SSc2nc(N)n(CC)n2)nc1N. The number of hydrogen-bond acceptors (Lipinski definition) is 8. The number of nitrogens with zero attached hydrogens (tertiary/aromatic N) is 6. The van der Waals surface area contributed by atoms with Gasteiger partial charge in [-0.3, -0.25) is 0 Å². The van der Waals surface area contributed by atoms with Gasteiger partial charge in [0, 0.05) is 13.1 Å². The molecule has 0 aliphatic heterocycles. The number of aryl methyl sites for hydroxylation is 2. The molecule has 10 heteroatoms. The summed E-state index contributed by atoms with van der Waals surface area (Å²) in [5.74, 6) is 0.819. The summed E-state index contributed by atoms with van der Waals surface area (Å²) in [5.41, 5.74) is 11.4. The van der Waals surface area contributed by atoms with Crippen LogP contribution < -0.4 is 11.5 Å². The average molecular weight is 286 g/mol. The number of aromatic nitrogens is 6. The molecule has 0 saturated heterocycles. The van der Waals surface area contributed by atoms with E-state index in [9.17, 15) is 0 Å². The van der Waals surface area contributed by atoms with E-state index < -0.39 is 0 Å². The lowest BCUT2D eigenvalue weighted by atomic mass is 10.8. The van der Waals surface area contributed by atoms with Gasteiger partial charge in [-0.25, -0.2) is 9.36 Å². The fraction of sp³-hybridized carbons (Fsp3) is 0.500. The molecule has 18 heavy (non-hydrogen) atoms. The van der Waals surface area contributed by atoms with Crippen LogP contribution in [0.2, 0.25) is 0 Å². The predicted molar refractivity (Wildman–Crippen MR) is 71.9 cm³/mol. The second kappa shape index (κ2) is 5.48. The largest absolute Gasteiger partial charge is 0.368 e. The van der Waals surface area contributed by atoms with Gasteiger partial charge in [0.25, 0.3) is 0 Å².